The van der Waals surface area contributed by atoms with E-state index in [1.807, 2.05) is 11.8 Å². The predicted molar refractivity (Wildman–Crippen MR) is 61.2 cm³/mol. The smallest absolute Gasteiger partial charge is 0.143 e. The van der Waals surface area contributed by atoms with E-state index in [-0.39, 0.29) is 0 Å². The van der Waals surface area contributed by atoms with Crippen LogP contribution in [0.4, 0.5) is 5.82 Å². The second-order valence-corrected chi connectivity index (χ2v) is 4.78. The van der Waals surface area contributed by atoms with Crippen LogP contribution in [-0.2, 0) is 0 Å². The SMILES string of the molecule is CSC(C)CNc1ncncc1Br. The zero-order valence-electron chi connectivity index (χ0n) is 7.62. The highest BCUT2D eigenvalue weighted by atomic mass is 79.9. The summed E-state index contributed by atoms with van der Waals surface area (Å²) in [7, 11) is 0. The third kappa shape index (κ3) is 3.52. The summed E-state index contributed by atoms with van der Waals surface area (Å²) in [5.74, 6) is 0.857. The third-order valence-electron chi connectivity index (χ3n) is 1.63. The van der Waals surface area contributed by atoms with Gasteiger partial charge in [-0.2, -0.15) is 11.8 Å². The van der Waals surface area contributed by atoms with Crippen molar-refractivity contribution in [2.75, 3.05) is 18.1 Å². The zero-order valence-corrected chi connectivity index (χ0v) is 10.0. The molecule has 0 saturated heterocycles. The standard InChI is InChI=1S/C8H12BrN3S/c1-6(13-2)3-11-8-7(9)4-10-5-12-8/h4-6H,3H2,1-2H3,(H,10,11,12). The number of aromatic nitrogens is 2. The second kappa shape index (κ2) is 5.44. The lowest BCUT2D eigenvalue weighted by molar-refractivity contribution is 0.982. The average molecular weight is 262 g/mol. The molecule has 1 N–H and O–H groups in total. The van der Waals surface area contributed by atoms with Gasteiger partial charge in [0, 0.05) is 18.0 Å². The van der Waals surface area contributed by atoms with E-state index < -0.39 is 0 Å². The van der Waals surface area contributed by atoms with E-state index in [4.69, 9.17) is 0 Å². The average Bonchev–Trinajstić information content (AvgIpc) is 2.16. The third-order valence-corrected chi connectivity index (χ3v) is 3.18. The van der Waals surface area contributed by atoms with Gasteiger partial charge in [-0.05, 0) is 22.2 Å². The number of thioether (sulfide) groups is 1. The summed E-state index contributed by atoms with van der Waals surface area (Å²) in [6.07, 6.45) is 5.37. The molecule has 13 heavy (non-hydrogen) atoms. The van der Waals surface area contributed by atoms with E-state index in [0.29, 0.717) is 5.25 Å². The Balaban J connectivity index is 2.50. The van der Waals surface area contributed by atoms with Crippen LogP contribution < -0.4 is 5.32 Å². The molecule has 0 radical (unpaired) electrons. The van der Waals surface area contributed by atoms with Gasteiger partial charge in [0.25, 0.3) is 0 Å². The minimum absolute atomic E-state index is 0.585. The Morgan fingerprint density at radius 2 is 2.46 bits per heavy atom. The Hall–Kier alpha value is -0.290. The number of nitrogens with zero attached hydrogens (tertiary/aromatic N) is 2. The van der Waals surface area contributed by atoms with Crippen LogP contribution >= 0.6 is 27.7 Å². The van der Waals surface area contributed by atoms with Crippen molar-refractivity contribution in [1.29, 1.82) is 0 Å². The van der Waals surface area contributed by atoms with E-state index in [9.17, 15) is 0 Å². The summed E-state index contributed by atoms with van der Waals surface area (Å²) in [5.41, 5.74) is 0. The maximum atomic E-state index is 4.11. The van der Waals surface area contributed by atoms with Crippen molar-refractivity contribution in [3.8, 4) is 0 Å². The molecule has 0 aromatic carbocycles. The Labute approximate surface area is 90.9 Å². The lowest BCUT2D eigenvalue weighted by Gasteiger charge is -2.10. The molecule has 3 nitrogen and oxygen atoms in total. The van der Waals surface area contributed by atoms with Gasteiger partial charge >= 0.3 is 0 Å². The van der Waals surface area contributed by atoms with Crippen molar-refractivity contribution in [1.82, 2.24) is 9.97 Å². The number of hydrogen-bond acceptors (Lipinski definition) is 4. The molecule has 1 atom stereocenters. The molecule has 0 amide bonds. The molecule has 0 fully saturated rings. The number of hydrogen-bond donors (Lipinski definition) is 1. The van der Waals surface area contributed by atoms with Gasteiger partial charge in [-0.25, -0.2) is 9.97 Å². The first kappa shape index (κ1) is 10.8. The van der Waals surface area contributed by atoms with Gasteiger partial charge in [-0.1, -0.05) is 6.92 Å². The molecule has 1 aromatic rings. The highest BCUT2D eigenvalue weighted by molar-refractivity contribution is 9.10. The van der Waals surface area contributed by atoms with Crippen LogP contribution in [0.2, 0.25) is 0 Å². The number of nitrogens with one attached hydrogen (secondary N) is 1. The maximum Gasteiger partial charge on any atom is 0.143 e. The first-order valence-electron chi connectivity index (χ1n) is 3.96. The number of rotatable bonds is 4. The van der Waals surface area contributed by atoms with E-state index in [2.05, 4.69) is 44.4 Å². The van der Waals surface area contributed by atoms with Crippen molar-refractivity contribution in [3.63, 3.8) is 0 Å². The summed E-state index contributed by atoms with van der Waals surface area (Å²) in [5, 5.41) is 3.83. The highest BCUT2D eigenvalue weighted by Crippen LogP contribution is 2.17. The van der Waals surface area contributed by atoms with Gasteiger partial charge in [0.1, 0.15) is 12.1 Å². The normalized spacial score (nSPS) is 12.5. The molecule has 1 aromatic heterocycles. The fourth-order valence-corrected chi connectivity index (χ4v) is 1.38. The van der Waals surface area contributed by atoms with E-state index >= 15 is 0 Å². The molecular formula is C8H12BrN3S. The molecule has 1 unspecified atom stereocenters. The van der Waals surface area contributed by atoms with Crippen LogP contribution in [0.25, 0.3) is 0 Å². The first-order chi connectivity index (χ1) is 6.24. The molecular weight excluding hydrogens is 250 g/mol. The van der Waals surface area contributed by atoms with Crippen LogP contribution in [0, 0.1) is 0 Å². The van der Waals surface area contributed by atoms with Crippen LogP contribution in [-0.4, -0.2) is 28.0 Å². The Kier molecular flexibility index (Phi) is 4.52. The minimum Gasteiger partial charge on any atom is -0.368 e. The summed E-state index contributed by atoms with van der Waals surface area (Å²) in [4.78, 5) is 8.00. The minimum atomic E-state index is 0.585. The van der Waals surface area contributed by atoms with Crippen LogP contribution in [0.5, 0.6) is 0 Å². The van der Waals surface area contributed by atoms with Crippen molar-refractivity contribution in [2.45, 2.75) is 12.2 Å². The highest BCUT2D eigenvalue weighted by Gasteiger charge is 2.02. The number of anilines is 1. The molecule has 72 valence electrons. The molecule has 1 heterocycles. The molecule has 0 aliphatic carbocycles. The van der Waals surface area contributed by atoms with Crippen LogP contribution in [0.1, 0.15) is 6.92 Å². The topological polar surface area (TPSA) is 37.8 Å². The van der Waals surface area contributed by atoms with Gasteiger partial charge < -0.3 is 5.32 Å². The molecule has 0 saturated carbocycles. The molecule has 0 aliphatic heterocycles. The molecule has 0 bridgehead atoms. The fourth-order valence-electron chi connectivity index (χ4n) is 0.766. The Morgan fingerprint density at radius 3 is 3.08 bits per heavy atom. The summed E-state index contributed by atoms with van der Waals surface area (Å²) in [6.45, 7) is 3.09. The van der Waals surface area contributed by atoms with E-state index in [1.54, 1.807) is 6.20 Å². The van der Waals surface area contributed by atoms with E-state index in [0.717, 1.165) is 16.8 Å². The van der Waals surface area contributed by atoms with Gasteiger partial charge in [-0.15, -0.1) is 0 Å². The fraction of sp³-hybridized carbons (Fsp3) is 0.500. The Morgan fingerprint density at radius 1 is 1.69 bits per heavy atom. The maximum absolute atomic E-state index is 4.11. The molecule has 0 spiro atoms. The quantitative estimate of drug-likeness (QED) is 0.904. The van der Waals surface area contributed by atoms with Gasteiger partial charge in [-0.3, -0.25) is 0 Å². The van der Waals surface area contributed by atoms with Crippen molar-refractivity contribution < 1.29 is 0 Å². The summed E-state index contributed by atoms with van der Waals surface area (Å²) in [6, 6.07) is 0. The Bertz CT molecular complexity index is 269. The largest absolute Gasteiger partial charge is 0.368 e. The molecule has 0 aliphatic rings. The second-order valence-electron chi connectivity index (χ2n) is 2.65. The monoisotopic (exact) mass is 261 g/mol. The van der Waals surface area contributed by atoms with Gasteiger partial charge in [0.15, 0.2) is 0 Å². The van der Waals surface area contributed by atoms with Crippen molar-refractivity contribution >= 4 is 33.5 Å². The molecule has 1 rings (SSSR count). The zero-order chi connectivity index (χ0) is 9.68. The van der Waals surface area contributed by atoms with Crippen molar-refractivity contribution in [2.24, 2.45) is 0 Å². The van der Waals surface area contributed by atoms with Crippen LogP contribution in [0.15, 0.2) is 17.0 Å². The van der Waals surface area contributed by atoms with Crippen LogP contribution in [0.3, 0.4) is 0 Å². The summed E-state index contributed by atoms with van der Waals surface area (Å²) >= 11 is 5.20. The molecule has 5 heteroatoms. The lowest BCUT2D eigenvalue weighted by Crippen LogP contribution is -2.13. The summed E-state index contributed by atoms with van der Waals surface area (Å²) < 4.78 is 0.906. The number of halogens is 1. The lowest BCUT2D eigenvalue weighted by atomic mass is 10.4. The first-order valence-corrected chi connectivity index (χ1v) is 6.04. The predicted octanol–water partition coefficient (Wildman–Crippen LogP) is 2.40. The van der Waals surface area contributed by atoms with E-state index in [1.165, 1.54) is 6.33 Å². The van der Waals surface area contributed by atoms with Gasteiger partial charge in [0.05, 0.1) is 4.47 Å². The van der Waals surface area contributed by atoms with Crippen molar-refractivity contribution in [3.05, 3.63) is 17.0 Å². The van der Waals surface area contributed by atoms with Gasteiger partial charge in [0.2, 0.25) is 0 Å².